The molecule has 3 aromatic rings. The fraction of sp³-hybridized carbons (Fsp3) is 0.105. The SMILES string of the molecule is Cc1cccc(NC(=O)c2cc(Nc3ccc(C)c(Cl)c3)ncn2)c1. The van der Waals surface area contributed by atoms with E-state index in [1.807, 2.05) is 56.3 Å². The van der Waals surface area contributed by atoms with Gasteiger partial charge in [0.15, 0.2) is 0 Å². The first-order chi connectivity index (χ1) is 12.0. The van der Waals surface area contributed by atoms with Crippen molar-refractivity contribution in [3.63, 3.8) is 0 Å². The largest absolute Gasteiger partial charge is 0.340 e. The maximum Gasteiger partial charge on any atom is 0.274 e. The van der Waals surface area contributed by atoms with Gasteiger partial charge in [-0.2, -0.15) is 0 Å². The molecule has 0 aliphatic carbocycles. The Morgan fingerprint density at radius 1 is 1.00 bits per heavy atom. The minimum Gasteiger partial charge on any atom is -0.340 e. The van der Waals surface area contributed by atoms with E-state index in [1.165, 1.54) is 6.33 Å². The first-order valence-corrected chi connectivity index (χ1v) is 8.12. The summed E-state index contributed by atoms with van der Waals surface area (Å²) >= 11 is 6.13. The molecule has 5 nitrogen and oxygen atoms in total. The molecule has 0 radical (unpaired) electrons. The molecular formula is C19H17ClN4O. The molecule has 3 rings (SSSR count). The van der Waals surface area contributed by atoms with Crippen LogP contribution >= 0.6 is 11.6 Å². The molecule has 126 valence electrons. The van der Waals surface area contributed by atoms with Crippen molar-refractivity contribution in [2.24, 2.45) is 0 Å². The monoisotopic (exact) mass is 352 g/mol. The van der Waals surface area contributed by atoms with Crippen LogP contribution in [0, 0.1) is 13.8 Å². The van der Waals surface area contributed by atoms with Crippen LogP contribution in [0.15, 0.2) is 54.9 Å². The molecular weight excluding hydrogens is 336 g/mol. The quantitative estimate of drug-likeness (QED) is 0.711. The van der Waals surface area contributed by atoms with E-state index < -0.39 is 0 Å². The van der Waals surface area contributed by atoms with Crippen molar-refractivity contribution in [3.8, 4) is 0 Å². The van der Waals surface area contributed by atoms with Crippen molar-refractivity contribution in [2.75, 3.05) is 10.6 Å². The molecule has 0 saturated heterocycles. The number of aryl methyl sites for hydroxylation is 2. The van der Waals surface area contributed by atoms with Gasteiger partial charge in [0.2, 0.25) is 0 Å². The second-order valence-corrected chi connectivity index (χ2v) is 6.11. The molecule has 0 fully saturated rings. The molecule has 1 aromatic heterocycles. The summed E-state index contributed by atoms with van der Waals surface area (Å²) in [6.45, 7) is 3.90. The van der Waals surface area contributed by atoms with Gasteiger partial charge in [0, 0.05) is 22.5 Å². The smallest absolute Gasteiger partial charge is 0.274 e. The molecule has 0 bridgehead atoms. The summed E-state index contributed by atoms with van der Waals surface area (Å²) in [5.74, 6) is 0.224. The first-order valence-electron chi connectivity index (χ1n) is 7.74. The van der Waals surface area contributed by atoms with E-state index in [2.05, 4.69) is 20.6 Å². The number of rotatable bonds is 4. The van der Waals surface area contributed by atoms with Gasteiger partial charge in [0.1, 0.15) is 17.8 Å². The third-order valence-corrected chi connectivity index (χ3v) is 4.03. The Labute approximate surface area is 151 Å². The van der Waals surface area contributed by atoms with E-state index in [0.717, 1.165) is 22.5 Å². The highest BCUT2D eigenvalue weighted by Gasteiger charge is 2.10. The Morgan fingerprint density at radius 2 is 1.84 bits per heavy atom. The highest BCUT2D eigenvalue weighted by molar-refractivity contribution is 6.31. The van der Waals surface area contributed by atoms with Crippen molar-refractivity contribution in [2.45, 2.75) is 13.8 Å². The average Bonchev–Trinajstić information content (AvgIpc) is 2.58. The van der Waals surface area contributed by atoms with Gasteiger partial charge in [0.05, 0.1) is 0 Å². The fourth-order valence-electron chi connectivity index (χ4n) is 2.29. The molecule has 0 unspecified atom stereocenters. The van der Waals surface area contributed by atoms with Gasteiger partial charge in [-0.3, -0.25) is 4.79 Å². The highest BCUT2D eigenvalue weighted by atomic mass is 35.5. The number of nitrogens with zero attached hydrogens (tertiary/aromatic N) is 2. The first kappa shape index (κ1) is 16.9. The fourth-order valence-corrected chi connectivity index (χ4v) is 2.47. The van der Waals surface area contributed by atoms with Crippen molar-refractivity contribution in [3.05, 3.63) is 76.7 Å². The third-order valence-electron chi connectivity index (χ3n) is 3.62. The van der Waals surface area contributed by atoms with E-state index in [9.17, 15) is 4.79 Å². The third kappa shape index (κ3) is 4.33. The Morgan fingerprint density at radius 3 is 2.60 bits per heavy atom. The second-order valence-electron chi connectivity index (χ2n) is 5.70. The Kier molecular flexibility index (Phi) is 4.95. The van der Waals surface area contributed by atoms with Crippen LogP contribution in [0.4, 0.5) is 17.2 Å². The molecule has 25 heavy (non-hydrogen) atoms. The number of carbonyl (C=O) groups is 1. The van der Waals surface area contributed by atoms with Gasteiger partial charge in [0.25, 0.3) is 5.91 Å². The molecule has 6 heteroatoms. The molecule has 0 saturated carbocycles. The summed E-state index contributed by atoms with van der Waals surface area (Å²) in [6, 6.07) is 14.8. The van der Waals surface area contributed by atoms with Crippen LogP contribution in [-0.2, 0) is 0 Å². The molecule has 0 aliphatic heterocycles. The van der Waals surface area contributed by atoms with Crippen LogP contribution < -0.4 is 10.6 Å². The van der Waals surface area contributed by atoms with Crippen LogP contribution in [0.25, 0.3) is 0 Å². The number of aromatic nitrogens is 2. The van der Waals surface area contributed by atoms with Crippen LogP contribution in [0.1, 0.15) is 21.6 Å². The molecule has 2 aromatic carbocycles. The lowest BCUT2D eigenvalue weighted by Gasteiger charge is -2.09. The van der Waals surface area contributed by atoms with E-state index in [4.69, 9.17) is 11.6 Å². The number of carbonyl (C=O) groups excluding carboxylic acids is 1. The molecule has 0 spiro atoms. The van der Waals surface area contributed by atoms with Crippen LogP contribution in [0.5, 0.6) is 0 Å². The Balaban J connectivity index is 1.76. The highest BCUT2D eigenvalue weighted by Crippen LogP contribution is 2.22. The topological polar surface area (TPSA) is 66.9 Å². The normalized spacial score (nSPS) is 10.4. The lowest BCUT2D eigenvalue weighted by atomic mass is 10.2. The minimum absolute atomic E-state index is 0.275. The number of halogens is 1. The van der Waals surface area contributed by atoms with Crippen molar-refractivity contribution in [1.29, 1.82) is 0 Å². The lowest BCUT2D eigenvalue weighted by molar-refractivity contribution is 0.102. The summed E-state index contributed by atoms with van der Waals surface area (Å²) in [5, 5.41) is 6.62. The molecule has 2 N–H and O–H groups in total. The summed E-state index contributed by atoms with van der Waals surface area (Å²) in [6.07, 6.45) is 1.35. The zero-order chi connectivity index (χ0) is 17.8. The average molecular weight is 353 g/mol. The summed E-state index contributed by atoms with van der Waals surface area (Å²) in [5.41, 5.74) is 3.85. The Hall–Kier alpha value is -2.92. The molecule has 0 aliphatic rings. The minimum atomic E-state index is -0.294. The summed E-state index contributed by atoms with van der Waals surface area (Å²) in [7, 11) is 0. The van der Waals surface area contributed by atoms with Crippen LogP contribution in [-0.4, -0.2) is 15.9 Å². The van der Waals surface area contributed by atoms with Gasteiger partial charge < -0.3 is 10.6 Å². The summed E-state index contributed by atoms with van der Waals surface area (Å²) in [4.78, 5) is 20.6. The number of benzene rings is 2. The molecule has 0 atom stereocenters. The maximum atomic E-state index is 12.4. The number of nitrogens with one attached hydrogen (secondary N) is 2. The van der Waals surface area contributed by atoms with E-state index in [0.29, 0.717) is 10.8 Å². The zero-order valence-electron chi connectivity index (χ0n) is 13.9. The van der Waals surface area contributed by atoms with E-state index in [-0.39, 0.29) is 11.6 Å². The lowest BCUT2D eigenvalue weighted by Crippen LogP contribution is -2.14. The van der Waals surface area contributed by atoms with Crippen LogP contribution in [0.2, 0.25) is 5.02 Å². The number of amides is 1. The number of hydrogen-bond donors (Lipinski definition) is 2. The van der Waals surface area contributed by atoms with Crippen molar-refractivity contribution < 1.29 is 4.79 Å². The van der Waals surface area contributed by atoms with E-state index in [1.54, 1.807) is 6.07 Å². The van der Waals surface area contributed by atoms with Crippen molar-refractivity contribution in [1.82, 2.24) is 9.97 Å². The zero-order valence-corrected chi connectivity index (χ0v) is 14.6. The predicted octanol–water partition coefficient (Wildman–Crippen LogP) is 4.74. The van der Waals surface area contributed by atoms with Gasteiger partial charge >= 0.3 is 0 Å². The van der Waals surface area contributed by atoms with Gasteiger partial charge in [-0.15, -0.1) is 0 Å². The molecule has 1 heterocycles. The summed E-state index contributed by atoms with van der Waals surface area (Å²) < 4.78 is 0. The standard InChI is InChI=1S/C19H17ClN4O/c1-12-4-3-5-14(8-12)24-19(25)17-10-18(22-11-21-17)23-15-7-6-13(2)16(20)9-15/h3-11H,1-2H3,(H,24,25)(H,21,22,23). The molecule has 1 amide bonds. The van der Waals surface area contributed by atoms with Crippen LogP contribution in [0.3, 0.4) is 0 Å². The van der Waals surface area contributed by atoms with Gasteiger partial charge in [-0.05, 0) is 49.2 Å². The van der Waals surface area contributed by atoms with Crippen molar-refractivity contribution >= 4 is 34.7 Å². The maximum absolute atomic E-state index is 12.4. The number of hydrogen-bond acceptors (Lipinski definition) is 4. The van der Waals surface area contributed by atoms with Gasteiger partial charge in [-0.1, -0.05) is 29.8 Å². The van der Waals surface area contributed by atoms with Gasteiger partial charge in [-0.25, -0.2) is 9.97 Å². The number of anilines is 3. The van der Waals surface area contributed by atoms with E-state index >= 15 is 0 Å². The predicted molar refractivity (Wildman–Crippen MR) is 101 cm³/mol. The second kappa shape index (κ2) is 7.32. The Bertz CT molecular complexity index is 927.